The highest BCUT2D eigenvalue weighted by Gasteiger charge is 2.10. The first kappa shape index (κ1) is 11.5. The second-order valence-corrected chi connectivity index (χ2v) is 4.04. The molecular weight excluding hydrogens is 198 g/mol. The molecule has 3 heteroatoms. The summed E-state index contributed by atoms with van der Waals surface area (Å²) >= 11 is 5.78. The molecule has 1 rings (SSSR count). The van der Waals surface area contributed by atoms with Crippen LogP contribution >= 0.6 is 11.6 Å². The lowest BCUT2D eigenvalue weighted by molar-refractivity contribution is 0.237. The van der Waals surface area contributed by atoms with Crippen molar-refractivity contribution >= 4 is 11.6 Å². The molecule has 0 bridgehead atoms. The Morgan fingerprint density at radius 3 is 2.29 bits per heavy atom. The van der Waals surface area contributed by atoms with Gasteiger partial charge in [0.05, 0.1) is 12.6 Å². The lowest BCUT2D eigenvalue weighted by Gasteiger charge is -2.19. The highest BCUT2D eigenvalue weighted by atomic mass is 35.5. The number of hydrogen-bond donors (Lipinski definition) is 2. The van der Waals surface area contributed by atoms with E-state index in [9.17, 15) is 5.11 Å². The molecule has 0 aliphatic rings. The van der Waals surface area contributed by atoms with Gasteiger partial charge in [0.1, 0.15) is 0 Å². The molecule has 78 valence electrons. The van der Waals surface area contributed by atoms with Gasteiger partial charge in [-0.1, -0.05) is 37.6 Å². The van der Waals surface area contributed by atoms with Crippen LogP contribution in [0.3, 0.4) is 0 Å². The van der Waals surface area contributed by atoms with Crippen molar-refractivity contribution in [2.24, 2.45) is 0 Å². The topological polar surface area (TPSA) is 32.3 Å². The van der Waals surface area contributed by atoms with Crippen LogP contribution in [0.15, 0.2) is 24.3 Å². The Morgan fingerprint density at radius 2 is 1.86 bits per heavy atom. The van der Waals surface area contributed by atoms with Crippen molar-refractivity contribution in [2.45, 2.75) is 25.9 Å². The summed E-state index contributed by atoms with van der Waals surface area (Å²) < 4.78 is 0. The number of halogens is 1. The highest BCUT2D eigenvalue weighted by molar-refractivity contribution is 6.30. The minimum atomic E-state index is -0.00716. The first-order valence-corrected chi connectivity index (χ1v) is 5.13. The predicted molar refractivity (Wildman–Crippen MR) is 59.6 cm³/mol. The third-order valence-electron chi connectivity index (χ3n) is 1.99. The van der Waals surface area contributed by atoms with Crippen LogP contribution < -0.4 is 5.32 Å². The van der Waals surface area contributed by atoms with E-state index in [4.69, 9.17) is 11.6 Å². The summed E-state index contributed by atoms with van der Waals surface area (Å²) in [5, 5.41) is 13.2. The van der Waals surface area contributed by atoms with Gasteiger partial charge in [0.15, 0.2) is 0 Å². The molecular formula is C11H16ClNO. The molecule has 1 unspecified atom stereocenters. The summed E-state index contributed by atoms with van der Waals surface area (Å²) in [5.74, 6) is 0. The molecule has 0 radical (unpaired) electrons. The van der Waals surface area contributed by atoms with Crippen LogP contribution in [0.25, 0.3) is 0 Å². The summed E-state index contributed by atoms with van der Waals surface area (Å²) in [6.07, 6.45) is 0. The molecule has 0 fully saturated rings. The number of benzene rings is 1. The Morgan fingerprint density at radius 1 is 1.29 bits per heavy atom. The summed E-state index contributed by atoms with van der Waals surface area (Å²) in [5.41, 5.74) is 1.06. The van der Waals surface area contributed by atoms with E-state index in [1.807, 2.05) is 24.3 Å². The fourth-order valence-corrected chi connectivity index (χ4v) is 1.48. The van der Waals surface area contributed by atoms with E-state index in [0.29, 0.717) is 6.04 Å². The Kier molecular flexibility index (Phi) is 4.39. The van der Waals surface area contributed by atoms with E-state index in [2.05, 4.69) is 19.2 Å². The molecule has 1 atom stereocenters. The maximum Gasteiger partial charge on any atom is 0.0626 e. The molecule has 0 aromatic heterocycles. The predicted octanol–water partition coefficient (Wildman–Crippen LogP) is 2.37. The van der Waals surface area contributed by atoms with Crippen molar-refractivity contribution in [1.82, 2.24) is 5.32 Å². The number of nitrogens with one attached hydrogen (secondary N) is 1. The minimum Gasteiger partial charge on any atom is -0.394 e. The van der Waals surface area contributed by atoms with Gasteiger partial charge >= 0.3 is 0 Å². The zero-order valence-corrected chi connectivity index (χ0v) is 9.25. The van der Waals surface area contributed by atoms with E-state index >= 15 is 0 Å². The summed E-state index contributed by atoms with van der Waals surface area (Å²) in [6.45, 7) is 4.21. The summed E-state index contributed by atoms with van der Waals surface area (Å²) in [6, 6.07) is 7.87. The average molecular weight is 214 g/mol. The van der Waals surface area contributed by atoms with Crippen LogP contribution in [0.1, 0.15) is 25.5 Å². The van der Waals surface area contributed by atoms with Crippen molar-refractivity contribution < 1.29 is 5.11 Å². The normalized spacial score (nSPS) is 13.2. The highest BCUT2D eigenvalue weighted by Crippen LogP contribution is 2.16. The molecule has 0 aliphatic heterocycles. The van der Waals surface area contributed by atoms with Crippen molar-refractivity contribution in [3.63, 3.8) is 0 Å². The largest absolute Gasteiger partial charge is 0.394 e. The summed E-state index contributed by atoms with van der Waals surface area (Å²) in [4.78, 5) is 0. The van der Waals surface area contributed by atoms with Crippen LogP contribution in [-0.2, 0) is 0 Å². The molecule has 14 heavy (non-hydrogen) atoms. The van der Waals surface area contributed by atoms with E-state index in [1.165, 1.54) is 0 Å². The zero-order valence-electron chi connectivity index (χ0n) is 8.50. The Balaban J connectivity index is 2.73. The average Bonchev–Trinajstić information content (AvgIpc) is 2.15. The third-order valence-corrected chi connectivity index (χ3v) is 2.24. The molecule has 0 amide bonds. The van der Waals surface area contributed by atoms with E-state index < -0.39 is 0 Å². The lowest BCUT2D eigenvalue weighted by atomic mass is 10.1. The second kappa shape index (κ2) is 5.35. The van der Waals surface area contributed by atoms with Crippen LogP contribution in [0, 0.1) is 0 Å². The first-order chi connectivity index (χ1) is 6.63. The van der Waals surface area contributed by atoms with Gasteiger partial charge in [-0.05, 0) is 17.7 Å². The van der Waals surface area contributed by atoms with E-state index in [0.717, 1.165) is 10.6 Å². The van der Waals surface area contributed by atoms with Crippen LogP contribution in [0.4, 0.5) is 0 Å². The van der Waals surface area contributed by atoms with Gasteiger partial charge in [-0.2, -0.15) is 0 Å². The maximum atomic E-state index is 9.20. The number of aliphatic hydroxyl groups is 1. The number of aliphatic hydroxyl groups excluding tert-OH is 1. The monoisotopic (exact) mass is 213 g/mol. The number of rotatable bonds is 4. The van der Waals surface area contributed by atoms with Crippen molar-refractivity contribution in [1.29, 1.82) is 0 Å². The quantitative estimate of drug-likeness (QED) is 0.805. The zero-order chi connectivity index (χ0) is 10.6. The lowest BCUT2D eigenvalue weighted by Crippen LogP contribution is -2.30. The fourth-order valence-electron chi connectivity index (χ4n) is 1.35. The molecule has 0 saturated heterocycles. The molecule has 2 nitrogen and oxygen atoms in total. The Labute approximate surface area is 89.9 Å². The standard InChI is InChI=1S/C11H16ClNO/c1-8(2)13-11(7-14)9-3-5-10(12)6-4-9/h3-6,8,11,13-14H,7H2,1-2H3. The van der Waals surface area contributed by atoms with Gasteiger partial charge in [0.25, 0.3) is 0 Å². The molecule has 0 aliphatic carbocycles. The van der Waals surface area contributed by atoms with E-state index in [-0.39, 0.29) is 12.6 Å². The molecule has 1 aromatic carbocycles. The van der Waals surface area contributed by atoms with Crippen LogP contribution in [-0.4, -0.2) is 17.8 Å². The minimum absolute atomic E-state index is 0.00716. The van der Waals surface area contributed by atoms with Crippen molar-refractivity contribution in [3.8, 4) is 0 Å². The van der Waals surface area contributed by atoms with Gasteiger partial charge in [-0.25, -0.2) is 0 Å². The van der Waals surface area contributed by atoms with Gasteiger partial charge < -0.3 is 10.4 Å². The van der Waals surface area contributed by atoms with Gasteiger partial charge in [-0.15, -0.1) is 0 Å². The van der Waals surface area contributed by atoms with Gasteiger partial charge in [0, 0.05) is 11.1 Å². The Bertz CT molecular complexity index is 271. The molecule has 2 N–H and O–H groups in total. The van der Waals surface area contributed by atoms with Crippen molar-refractivity contribution in [2.75, 3.05) is 6.61 Å². The Hall–Kier alpha value is -0.570. The van der Waals surface area contributed by atoms with Crippen molar-refractivity contribution in [3.05, 3.63) is 34.9 Å². The molecule has 1 aromatic rings. The first-order valence-electron chi connectivity index (χ1n) is 4.76. The molecule has 0 spiro atoms. The fraction of sp³-hybridized carbons (Fsp3) is 0.455. The molecule has 0 heterocycles. The SMILES string of the molecule is CC(C)NC(CO)c1ccc(Cl)cc1. The number of hydrogen-bond acceptors (Lipinski definition) is 2. The molecule has 0 saturated carbocycles. The maximum absolute atomic E-state index is 9.20. The smallest absolute Gasteiger partial charge is 0.0626 e. The van der Waals surface area contributed by atoms with Crippen LogP contribution in [0.2, 0.25) is 5.02 Å². The third kappa shape index (κ3) is 3.29. The summed E-state index contributed by atoms with van der Waals surface area (Å²) in [7, 11) is 0. The van der Waals surface area contributed by atoms with Crippen LogP contribution in [0.5, 0.6) is 0 Å². The van der Waals surface area contributed by atoms with E-state index in [1.54, 1.807) is 0 Å². The van der Waals surface area contributed by atoms with Gasteiger partial charge in [-0.3, -0.25) is 0 Å². The van der Waals surface area contributed by atoms with Gasteiger partial charge in [0.2, 0.25) is 0 Å². The second-order valence-electron chi connectivity index (χ2n) is 3.61.